The van der Waals surface area contributed by atoms with Gasteiger partial charge in [0.15, 0.2) is 5.75 Å². The number of thioether (sulfide) groups is 1. The van der Waals surface area contributed by atoms with Crippen molar-refractivity contribution in [1.29, 1.82) is 0 Å². The van der Waals surface area contributed by atoms with E-state index in [0.717, 1.165) is 11.5 Å². The van der Waals surface area contributed by atoms with Crippen molar-refractivity contribution >= 4 is 17.7 Å². The zero-order valence-electron chi connectivity index (χ0n) is 20.4. The highest BCUT2D eigenvalue weighted by atomic mass is 32.2. The third-order valence-electron chi connectivity index (χ3n) is 4.68. The van der Waals surface area contributed by atoms with Crippen LogP contribution in [0, 0.1) is 0 Å². The summed E-state index contributed by atoms with van der Waals surface area (Å²) in [6.45, 7) is 2.04. The maximum atomic E-state index is 12.5. The van der Waals surface area contributed by atoms with E-state index in [2.05, 4.69) is 19.9 Å². The number of carbonyl (C=O) groups is 1. The quantitative estimate of drug-likeness (QED) is 0.327. The Morgan fingerprint density at radius 2 is 1.33 bits per heavy atom. The van der Waals surface area contributed by atoms with Crippen LogP contribution in [0.5, 0.6) is 47.0 Å². The molecule has 0 unspecified atom stereocenters. The van der Waals surface area contributed by atoms with Gasteiger partial charge in [-0.05, 0) is 29.6 Å². The minimum atomic E-state index is -1.30. The van der Waals surface area contributed by atoms with Gasteiger partial charge in [-0.3, -0.25) is 0 Å². The largest absolute Gasteiger partial charge is 0.481 e. The van der Waals surface area contributed by atoms with Gasteiger partial charge < -0.3 is 33.5 Å². The summed E-state index contributed by atoms with van der Waals surface area (Å²) >= 11 is 1.71. The van der Waals surface area contributed by atoms with Crippen LogP contribution in [-0.4, -0.2) is 71.0 Å². The smallest absolute Gasteiger partial charge is 0.343 e. The zero-order valence-corrected chi connectivity index (χ0v) is 21.2. The van der Waals surface area contributed by atoms with Gasteiger partial charge in [0, 0.05) is 0 Å². The lowest BCUT2D eigenvalue weighted by molar-refractivity contribution is 0.0690. The SMILES string of the molecule is CCSCCc1ccc(Oc2nc(OC)cc(OC)n2)c(C(=O)O)c1Oc1nc(OC)cc(OC)n1. The van der Waals surface area contributed by atoms with Crippen molar-refractivity contribution in [3.8, 4) is 47.0 Å². The van der Waals surface area contributed by atoms with Crippen LogP contribution in [0.25, 0.3) is 0 Å². The predicted molar refractivity (Wildman–Crippen MR) is 131 cm³/mol. The van der Waals surface area contributed by atoms with Crippen molar-refractivity contribution in [2.24, 2.45) is 0 Å². The van der Waals surface area contributed by atoms with Crippen LogP contribution >= 0.6 is 11.8 Å². The number of nitrogens with zero attached hydrogens (tertiary/aromatic N) is 4. The number of hydrogen-bond donors (Lipinski definition) is 1. The van der Waals surface area contributed by atoms with Crippen LogP contribution in [-0.2, 0) is 6.42 Å². The van der Waals surface area contributed by atoms with Crippen LogP contribution in [0.2, 0.25) is 0 Å². The van der Waals surface area contributed by atoms with Gasteiger partial charge in [0.2, 0.25) is 23.5 Å². The molecule has 0 saturated heterocycles. The predicted octanol–water partition coefficient (Wildman–Crippen LogP) is 3.88. The molecular formula is C23H26N4O8S. The maximum Gasteiger partial charge on any atom is 0.343 e. The first-order valence-electron chi connectivity index (χ1n) is 10.7. The van der Waals surface area contributed by atoms with Gasteiger partial charge in [0.05, 0.1) is 40.6 Å². The molecular weight excluding hydrogens is 492 g/mol. The minimum Gasteiger partial charge on any atom is -0.481 e. The fourth-order valence-electron chi connectivity index (χ4n) is 3.00. The molecule has 13 heteroatoms. The lowest BCUT2D eigenvalue weighted by Gasteiger charge is -2.16. The monoisotopic (exact) mass is 518 g/mol. The number of rotatable bonds is 13. The molecule has 1 N–H and O–H groups in total. The Labute approximate surface area is 211 Å². The minimum absolute atomic E-state index is 0.0156. The molecule has 0 fully saturated rings. The molecule has 2 heterocycles. The average molecular weight is 519 g/mol. The van der Waals surface area contributed by atoms with Crippen LogP contribution in [0.1, 0.15) is 22.8 Å². The highest BCUT2D eigenvalue weighted by Gasteiger charge is 2.25. The fraction of sp³-hybridized carbons (Fsp3) is 0.348. The molecule has 3 aromatic rings. The van der Waals surface area contributed by atoms with Crippen molar-refractivity contribution < 1.29 is 38.3 Å². The standard InChI is InChI=1S/C23H26N4O8S/c1-6-36-10-9-13-7-8-14(34-22-24-15(30-2)11-16(25-22)31-3)19(21(28)29)20(13)35-23-26-17(32-4)12-18(27-23)33-5/h7-8,11-12H,6,9-10H2,1-5H3,(H,28,29). The Kier molecular flexibility index (Phi) is 9.33. The number of methoxy groups -OCH3 is 4. The molecule has 3 rings (SSSR count). The van der Waals surface area contributed by atoms with Crippen molar-refractivity contribution in [3.63, 3.8) is 0 Å². The molecule has 0 aliphatic rings. The lowest BCUT2D eigenvalue weighted by atomic mass is 10.1. The van der Waals surface area contributed by atoms with Crippen molar-refractivity contribution in [2.75, 3.05) is 39.9 Å². The third kappa shape index (κ3) is 6.56. The van der Waals surface area contributed by atoms with Gasteiger partial charge in [-0.1, -0.05) is 13.0 Å². The van der Waals surface area contributed by atoms with E-state index in [4.69, 9.17) is 28.4 Å². The summed E-state index contributed by atoms with van der Waals surface area (Å²) in [5.41, 5.74) is 0.361. The van der Waals surface area contributed by atoms with Crippen LogP contribution in [0.4, 0.5) is 0 Å². The Morgan fingerprint density at radius 3 is 1.78 bits per heavy atom. The van der Waals surface area contributed by atoms with Crippen LogP contribution < -0.4 is 28.4 Å². The van der Waals surface area contributed by atoms with E-state index in [1.54, 1.807) is 17.8 Å². The van der Waals surface area contributed by atoms with Gasteiger partial charge in [-0.2, -0.15) is 31.7 Å². The van der Waals surface area contributed by atoms with E-state index in [-0.39, 0.29) is 52.6 Å². The van der Waals surface area contributed by atoms with Crippen molar-refractivity contribution in [1.82, 2.24) is 19.9 Å². The van der Waals surface area contributed by atoms with E-state index in [0.29, 0.717) is 12.0 Å². The van der Waals surface area contributed by atoms with E-state index >= 15 is 0 Å². The number of carboxylic acid groups (broad SMARTS) is 1. The Hall–Kier alpha value is -4.00. The normalized spacial score (nSPS) is 10.5. The first-order chi connectivity index (χ1) is 17.4. The second-order valence-corrected chi connectivity index (χ2v) is 8.25. The van der Waals surface area contributed by atoms with Crippen molar-refractivity contribution in [3.05, 3.63) is 35.4 Å². The summed E-state index contributed by atoms with van der Waals surface area (Å²) in [7, 11) is 5.70. The highest BCUT2D eigenvalue weighted by Crippen LogP contribution is 2.38. The fourth-order valence-corrected chi connectivity index (χ4v) is 3.65. The summed E-state index contributed by atoms with van der Waals surface area (Å²) in [6, 6.07) is 5.83. The van der Waals surface area contributed by atoms with E-state index in [9.17, 15) is 9.90 Å². The molecule has 0 saturated carbocycles. The molecule has 0 amide bonds. The Balaban J connectivity index is 2.12. The second-order valence-electron chi connectivity index (χ2n) is 6.85. The summed E-state index contributed by atoms with van der Waals surface area (Å²) in [6.07, 6.45) is 0.527. The summed E-state index contributed by atoms with van der Waals surface area (Å²) in [5, 5.41) is 10.2. The number of carboxylic acids is 1. The molecule has 0 aliphatic heterocycles. The molecule has 0 aliphatic carbocycles. The van der Waals surface area contributed by atoms with Crippen LogP contribution in [0.3, 0.4) is 0 Å². The first-order valence-corrected chi connectivity index (χ1v) is 11.8. The van der Waals surface area contributed by atoms with Gasteiger partial charge >= 0.3 is 18.0 Å². The van der Waals surface area contributed by atoms with Gasteiger partial charge in [0.25, 0.3) is 0 Å². The second kappa shape index (κ2) is 12.6. The molecule has 12 nitrogen and oxygen atoms in total. The van der Waals surface area contributed by atoms with Crippen LogP contribution in [0.15, 0.2) is 24.3 Å². The maximum absolute atomic E-state index is 12.5. The molecule has 0 bridgehead atoms. The number of aromatic carboxylic acids is 1. The van der Waals surface area contributed by atoms with Gasteiger partial charge in [-0.15, -0.1) is 0 Å². The Bertz CT molecular complexity index is 1170. The summed E-state index contributed by atoms with van der Waals surface area (Å²) in [4.78, 5) is 29.0. The first kappa shape index (κ1) is 26.6. The highest BCUT2D eigenvalue weighted by molar-refractivity contribution is 7.99. The summed E-state index contributed by atoms with van der Waals surface area (Å²) in [5.74, 6) is 1.03. The number of aryl methyl sites for hydroxylation is 1. The van der Waals surface area contributed by atoms with Gasteiger partial charge in [-0.25, -0.2) is 4.79 Å². The molecule has 1 aromatic carbocycles. The molecule has 192 valence electrons. The third-order valence-corrected chi connectivity index (χ3v) is 5.58. The number of hydrogen-bond acceptors (Lipinski definition) is 12. The molecule has 0 spiro atoms. The van der Waals surface area contributed by atoms with Gasteiger partial charge in [0.1, 0.15) is 11.3 Å². The molecule has 36 heavy (non-hydrogen) atoms. The topological polar surface area (TPSA) is 144 Å². The van der Waals surface area contributed by atoms with E-state index in [1.807, 2.05) is 6.92 Å². The van der Waals surface area contributed by atoms with E-state index < -0.39 is 5.97 Å². The Morgan fingerprint density at radius 1 is 0.833 bits per heavy atom. The molecule has 2 aromatic heterocycles. The number of aromatic nitrogens is 4. The van der Waals surface area contributed by atoms with Crippen molar-refractivity contribution in [2.45, 2.75) is 13.3 Å². The molecule has 0 radical (unpaired) electrons. The van der Waals surface area contributed by atoms with E-state index in [1.165, 1.54) is 46.6 Å². The number of ether oxygens (including phenoxy) is 6. The number of benzene rings is 1. The lowest BCUT2D eigenvalue weighted by Crippen LogP contribution is -2.09. The zero-order chi connectivity index (χ0) is 26.1. The average Bonchev–Trinajstić information content (AvgIpc) is 2.89. The molecule has 0 atom stereocenters. The summed E-state index contributed by atoms with van der Waals surface area (Å²) < 4.78 is 32.3.